The molecular formula is C14H29N3O3S. The number of ether oxygens (including phenoxy) is 1. The molecule has 7 heteroatoms. The van der Waals surface area contributed by atoms with Gasteiger partial charge in [-0.3, -0.25) is 4.90 Å². The lowest BCUT2D eigenvalue weighted by Gasteiger charge is -2.34. The molecule has 2 unspecified atom stereocenters. The van der Waals surface area contributed by atoms with Gasteiger partial charge in [-0.15, -0.1) is 0 Å². The molecule has 124 valence electrons. The summed E-state index contributed by atoms with van der Waals surface area (Å²) in [5.74, 6) is 0. The second-order valence-electron chi connectivity index (χ2n) is 6.12. The summed E-state index contributed by atoms with van der Waals surface area (Å²) in [5.41, 5.74) is 0. The maximum atomic E-state index is 11.5. The second kappa shape index (κ2) is 7.87. The van der Waals surface area contributed by atoms with Crippen LogP contribution in [0.4, 0.5) is 0 Å². The summed E-state index contributed by atoms with van der Waals surface area (Å²) < 4.78 is 30.6. The lowest BCUT2D eigenvalue weighted by Crippen LogP contribution is -2.50. The molecular weight excluding hydrogens is 290 g/mol. The molecule has 0 spiro atoms. The summed E-state index contributed by atoms with van der Waals surface area (Å²) in [4.78, 5) is 2.33. The van der Waals surface area contributed by atoms with E-state index < -0.39 is 10.0 Å². The third kappa shape index (κ3) is 5.49. The lowest BCUT2D eigenvalue weighted by atomic mass is 10.2. The van der Waals surface area contributed by atoms with Crippen molar-refractivity contribution in [1.82, 2.24) is 14.5 Å². The fourth-order valence-corrected chi connectivity index (χ4v) is 3.86. The largest absolute Gasteiger partial charge is 0.372 e. The van der Waals surface area contributed by atoms with Crippen LogP contribution in [0.2, 0.25) is 0 Å². The molecule has 0 aromatic heterocycles. The average Bonchev–Trinajstić information content (AvgIpc) is 2.86. The number of sulfonamides is 1. The van der Waals surface area contributed by atoms with Crippen LogP contribution < -0.4 is 5.32 Å². The fourth-order valence-electron chi connectivity index (χ4n) is 3.04. The molecule has 2 aliphatic rings. The van der Waals surface area contributed by atoms with Crippen LogP contribution in [0, 0.1) is 0 Å². The first-order valence-corrected chi connectivity index (χ1v) is 9.87. The van der Waals surface area contributed by atoms with E-state index in [0.29, 0.717) is 25.3 Å². The van der Waals surface area contributed by atoms with E-state index >= 15 is 0 Å². The number of nitrogens with one attached hydrogen (secondary N) is 1. The Bertz CT molecular complexity index is 408. The molecule has 0 aromatic carbocycles. The molecule has 2 heterocycles. The van der Waals surface area contributed by atoms with Crippen LogP contribution in [0.1, 0.15) is 26.2 Å². The summed E-state index contributed by atoms with van der Waals surface area (Å²) in [5, 5.41) is 3.41. The van der Waals surface area contributed by atoms with E-state index in [1.165, 1.54) is 6.26 Å². The van der Waals surface area contributed by atoms with Crippen molar-refractivity contribution in [2.75, 3.05) is 52.1 Å². The van der Waals surface area contributed by atoms with E-state index in [2.05, 4.69) is 17.1 Å². The third-order valence-electron chi connectivity index (χ3n) is 4.26. The summed E-state index contributed by atoms with van der Waals surface area (Å²) in [6, 6.07) is 0. The molecule has 0 bridgehead atoms. The Morgan fingerprint density at radius 2 is 1.81 bits per heavy atom. The van der Waals surface area contributed by atoms with Crippen molar-refractivity contribution < 1.29 is 13.2 Å². The zero-order valence-corrected chi connectivity index (χ0v) is 14.1. The molecule has 0 amide bonds. The van der Waals surface area contributed by atoms with Crippen LogP contribution in [0.15, 0.2) is 0 Å². The molecule has 0 saturated carbocycles. The van der Waals surface area contributed by atoms with Gasteiger partial charge in [0.1, 0.15) is 0 Å². The Morgan fingerprint density at radius 3 is 2.43 bits per heavy atom. The molecule has 0 radical (unpaired) electrons. The van der Waals surface area contributed by atoms with Gasteiger partial charge < -0.3 is 10.1 Å². The maximum Gasteiger partial charge on any atom is 0.211 e. The minimum atomic E-state index is -3.03. The Hall–Kier alpha value is -0.210. The zero-order valence-electron chi connectivity index (χ0n) is 13.3. The van der Waals surface area contributed by atoms with Crippen LogP contribution in [0.3, 0.4) is 0 Å². The highest BCUT2D eigenvalue weighted by Crippen LogP contribution is 2.20. The molecule has 2 fully saturated rings. The van der Waals surface area contributed by atoms with Gasteiger partial charge in [0.2, 0.25) is 10.0 Å². The van der Waals surface area contributed by atoms with Crippen LogP contribution in [0.25, 0.3) is 0 Å². The standard InChI is InChI=1S/C14H29N3O3S/c1-3-6-15-11-13-4-5-14(20-13)12-16-7-9-17(10-8-16)21(2,18)19/h13-15H,3-12H2,1-2H3. The van der Waals surface area contributed by atoms with Crippen molar-refractivity contribution in [3.63, 3.8) is 0 Å². The highest BCUT2D eigenvalue weighted by atomic mass is 32.2. The monoisotopic (exact) mass is 319 g/mol. The van der Waals surface area contributed by atoms with Crippen molar-refractivity contribution in [3.05, 3.63) is 0 Å². The second-order valence-corrected chi connectivity index (χ2v) is 8.11. The van der Waals surface area contributed by atoms with Gasteiger partial charge in [0.25, 0.3) is 0 Å². The van der Waals surface area contributed by atoms with Gasteiger partial charge in [-0.25, -0.2) is 8.42 Å². The van der Waals surface area contributed by atoms with Gasteiger partial charge in [-0.05, 0) is 25.8 Å². The molecule has 21 heavy (non-hydrogen) atoms. The Kier molecular flexibility index (Phi) is 6.43. The molecule has 6 nitrogen and oxygen atoms in total. The number of hydrogen-bond acceptors (Lipinski definition) is 5. The SMILES string of the molecule is CCCNCC1CCC(CN2CCN(S(C)(=O)=O)CC2)O1. The normalized spacial score (nSPS) is 29.0. The van der Waals surface area contributed by atoms with Gasteiger partial charge in [0, 0.05) is 39.3 Å². The summed E-state index contributed by atoms with van der Waals surface area (Å²) in [7, 11) is -3.03. The third-order valence-corrected chi connectivity index (χ3v) is 5.56. The summed E-state index contributed by atoms with van der Waals surface area (Å²) >= 11 is 0. The Labute approximate surface area is 128 Å². The van der Waals surface area contributed by atoms with Gasteiger partial charge in [0.05, 0.1) is 18.5 Å². The topological polar surface area (TPSA) is 61.9 Å². The highest BCUT2D eigenvalue weighted by Gasteiger charge is 2.29. The minimum Gasteiger partial charge on any atom is -0.372 e. The first-order chi connectivity index (χ1) is 9.99. The minimum absolute atomic E-state index is 0.309. The molecule has 2 atom stereocenters. The van der Waals surface area contributed by atoms with Crippen molar-refractivity contribution in [2.24, 2.45) is 0 Å². The quantitative estimate of drug-likeness (QED) is 0.675. The number of nitrogens with zero attached hydrogens (tertiary/aromatic N) is 2. The number of piperazine rings is 1. The molecule has 2 saturated heterocycles. The van der Waals surface area contributed by atoms with Crippen molar-refractivity contribution in [2.45, 2.75) is 38.4 Å². The smallest absolute Gasteiger partial charge is 0.211 e. The van der Waals surface area contributed by atoms with Gasteiger partial charge in [0.15, 0.2) is 0 Å². The van der Waals surface area contributed by atoms with E-state index in [-0.39, 0.29) is 0 Å². The Balaban J connectivity index is 1.66. The summed E-state index contributed by atoms with van der Waals surface area (Å²) in [6.45, 7) is 7.94. The van der Waals surface area contributed by atoms with Crippen LogP contribution in [0.5, 0.6) is 0 Å². The van der Waals surface area contributed by atoms with E-state index in [0.717, 1.165) is 52.0 Å². The van der Waals surface area contributed by atoms with Gasteiger partial charge in [-0.2, -0.15) is 4.31 Å². The molecule has 2 rings (SSSR count). The van der Waals surface area contributed by atoms with E-state index in [1.54, 1.807) is 4.31 Å². The maximum absolute atomic E-state index is 11.5. The predicted molar refractivity (Wildman–Crippen MR) is 83.9 cm³/mol. The number of rotatable bonds is 7. The Morgan fingerprint density at radius 1 is 1.14 bits per heavy atom. The first kappa shape index (κ1) is 17.1. The highest BCUT2D eigenvalue weighted by molar-refractivity contribution is 7.88. The van der Waals surface area contributed by atoms with Crippen LogP contribution in [-0.4, -0.2) is 81.9 Å². The lowest BCUT2D eigenvalue weighted by molar-refractivity contribution is 0.0179. The van der Waals surface area contributed by atoms with Crippen molar-refractivity contribution in [3.8, 4) is 0 Å². The molecule has 2 aliphatic heterocycles. The fraction of sp³-hybridized carbons (Fsp3) is 1.00. The predicted octanol–water partition coefficient (Wildman–Crippen LogP) is 0.111. The summed E-state index contributed by atoms with van der Waals surface area (Å²) in [6.07, 6.45) is 5.34. The van der Waals surface area contributed by atoms with Gasteiger partial charge >= 0.3 is 0 Å². The van der Waals surface area contributed by atoms with E-state index in [4.69, 9.17) is 4.74 Å². The van der Waals surface area contributed by atoms with Gasteiger partial charge in [-0.1, -0.05) is 6.92 Å². The van der Waals surface area contributed by atoms with E-state index in [9.17, 15) is 8.42 Å². The zero-order chi connectivity index (χ0) is 15.3. The average molecular weight is 319 g/mol. The molecule has 0 aliphatic carbocycles. The van der Waals surface area contributed by atoms with Crippen molar-refractivity contribution in [1.29, 1.82) is 0 Å². The van der Waals surface area contributed by atoms with E-state index in [1.807, 2.05) is 0 Å². The van der Waals surface area contributed by atoms with Crippen LogP contribution >= 0.6 is 0 Å². The van der Waals surface area contributed by atoms with Crippen molar-refractivity contribution >= 4 is 10.0 Å². The molecule has 1 N–H and O–H groups in total. The first-order valence-electron chi connectivity index (χ1n) is 8.02. The number of hydrogen-bond donors (Lipinski definition) is 1. The van der Waals surface area contributed by atoms with Crippen LogP contribution in [-0.2, 0) is 14.8 Å². The molecule has 0 aromatic rings.